The topological polar surface area (TPSA) is 104 Å². The molecule has 202 valence electrons. The summed E-state index contributed by atoms with van der Waals surface area (Å²) in [6, 6.07) is 16.5. The van der Waals surface area contributed by atoms with Gasteiger partial charge in [-0.25, -0.2) is 16.8 Å². The molecule has 0 spiro atoms. The molecule has 0 saturated carbocycles. The molecule has 1 fully saturated rings. The van der Waals surface area contributed by atoms with E-state index < -0.39 is 32.5 Å². The number of nitrogens with one attached hydrogen (secondary N) is 1. The Morgan fingerprint density at radius 2 is 1.47 bits per heavy atom. The first-order valence-electron chi connectivity index (χ1n) is 11.9. The Hall–Kier alpha value is -2.63. The van der Waals surface area contributed by atoms with Crippen molar-refractivity contribution in [3.63, 3.8) is 0 Å². The van der Waals surface area contributed by atoms with Crippen LogP contribution in [0.2, 0.25) is 10.0 Å². The number of nitrogens with zero attached hydrogens (tertiary/aromatic N) is 2. The van der Waals surface area contributed by atoms with Crippen LogP contribution in [0.4, 0.5) is 11.4 Å². The van der Waals surface area contributed by atoms with Crippen LogP contribution in [0.15, 0.2) is 76.5 Å². The minimum atomic E-state index is -4.19. The van der Waals surface area contributed by atoms with Crippen molar-refractivity contribution in [3.05, 3.63) is 82.3 Å². The van der Waals surface area contributed by atoms with Crippen LogP contribution in [0.5, 0.6) is 0 Å². The first-order chi connectivity index (χ1) is 18.0. The lowest BCUT2D eigenvalue weighted by Crippen LogP contribution is -2.38. The lowest BCUT2D eigenvalue weighted by Gasteiger charge is -2.26. The zero-order chi connectivity index (χ0) is 27.5. The summed E-state index contributed by atoms with van der Waals surface area (Å²) in [6.45, 7) is 2.21. The molecule has 1 heterocycles. The molecule has 38 heavy (non-hydrogen) atoms. The molecule has 3 aromatic rings. The number of carbonyl (C=O) groups is 1. The second kappa shape index (κ2) is 11.6. The minimum absolute atomic E-state index is 0.00933. The molecule has 0 radical (unpaired) electrons. The highest BCUT2D eigenvalue weighted by molar-refractivity contribution is 7.93. The molecular formula is C26H27Cl2N3O5S2. The number of sulfonamides is 2. The van der Waals surface area contributed by atoms with Crippen LogP contribution in [-0.2, 0) is 24.8 Å². The van der Waals surface area contributed by atoms with Gasteiger partial charge in [-0.3, -0.25) is 9.10 Å². The van der Waals surface area contributed by atoms with E-state index in [9.17, 15) is 21.6 Å². The SMILES string of the molecule is Cc1ccc(S(=O)(=O)N(CC(=O)Nc2ccc(S(=O)(=O)N3CCCCC3)cc2)c2cccc(Cl)c2Cl)cc1. The first kappa shape index (κ1) is 28.4. The maximum absolute atomic E-state index is 13.6. The van der Waals surface area contributed by atoms with Gasteiger partial charge in [-0.05, 0) is 68.3 Å². The van der Waals surface area contributed by atoms with E-state index in [-0.39, 0.29) is 25.5 Å². The average Bonchev–Trinajstić information content (AvgIpc) is 2.90. The molecule has 0 aliphatic carbocycles. The van der Waals surface area contributed by atoms with Crippen molar-refractivity contribution in [2.24, 2.45) is 0 Å². The zero-order valence-corrected chi connectivity index (χ0v) is 23.7. The normalized spacial score (nSPS) is 14.7. The van der Waals surface area contributed by atoms with Gasteiger partial charge in [0.1, 0.15) is 6.54 Å². The number of carbonyl (C=O) groups excluding carboxylic acids is 1. The maximum atomic E-state index is 13.6. The van der Waals surface area contributed by atoms with Crippen molar-refractivity contribution in [1.29, 1.82) is 0 Å². The number of benzene rings is 3. The molecule has 0 unspecified atom stereocenters. The van der Waals surface area contributed by atoms with Crippen molar-refractivity contribution in [1.82, 2.24) is 4.31 Å². The van der Waals surface area contributed by atoms with E-state index in [0.717, 1.165) is 29.1 Å². The third-order valence-electron chi connectivity index (χ3n) is 6.19. The molecule has 1 amide bonds. The summed E-state index contributed by atoms with van der Waals surface area (Å²) in [5, 5.41) is 2.77. The monoisotopic (exact) mass is 595 g/mol. The van der Waals surface area contributed by atoms with Crippen molar-refractivity contribution < 1.29 is 21.6 Å². The van der Waals surface area contributed by atoms with E-state index in [1.807, 2.05) is 6.92 Å². The van der Waals surface area contributed by atoms with Crippen molar-refractivity contribution >= 4 is 60.5 Å². The number of aryl methyl sites for hydroxylation is 1. The van der Waals surface area contributed by atoms with E-state index >= 15 is 0 Å². The molecule has 8 nitrogen and oxygen atoms in total. The van der Waals surface area contributed by atoms with Crippen LogP contribution in [0, 0.1) is 6.92 Å². The number of amides is 1. The Morgan fingerprint density at radius 3 is 2.11 bits per heavy atom. The molecule has 0 bridgehead atoms. The van der Waals surface area contributed by atoms with Crippen LogP contribution in [0.1, 0.15) is 24.8 Å². The number of piperidine rings is 1. The number of hydrogen-bond donors (Lipinski definition) is 1. The molecule has 0 atom stereocenters. The Balaban J connectivity index is 1.57. The Labute approximate surface area is 233 Å². The molecule has 0 aromatic heterocycles. The van der Waals surface area contributed by atoms with Gasteiger partial charge in [0.05, 0.1) is 25.5 Å². The van der Waals surface area contributed by atoms with Crippen molar-refractivity contribution in [2.75, 3.05) is 29.3 Å². The van der Waals surface area contributed by atoms with Crippen LogP contribution < -0.4 is 9.62 Å². The summed E-state index contributed by atoms with van der Waals surface area (Å²) >= 11 is 12.5. The highest BCUT2D eigenvalue weighted by Gasteiger charge is 2.30. The standard InChI is InChI=1S/C26H27Cl2N3O5S2/c1-19-8-12-22(13-9-19)38(35,36)31(24-7-5-6-23(27)26(24)28)18-25(32)29-20-10-14-21(15-11-20)37(33,34)30-16-3-2-4-17-30/h5-15H,2-4,16-18H2,1H3,(H,29,32). The van der Waals surface area contributed by atoms with Gasteiger partial charge in [-0.15, -0.1) is 0 Å². The second-order valence-corrected chi connectivity index (χ2v) is 13.5. The van der Waals surface area contributed by atoms with Gasteiger partial charge in [-0.2, -0.15) is 4.31 Å². The fraction of sp³-hybridized carbons (Fsp3) is 0.269. The average molecular weight is 597 g/mol. The number of rotatable bonds is 8. The van der Waals surface area contributed by atoms with Gasteiger partial charge < -0.3 is 5.32 Å². The maximum Gasteiger partial charge on any atom is 0.264 e. The molecule has 1 aliphatic rings. The second-order valence-electron chi connectivity index (χ2n) is 8.93. The van der Waals surface area contributed by atoms with Gasteiger partial charge in [0.25, 0.3) is 10.0 Å². The highest BCUT2D eigenvalue weighted by atomic mass is 35.5. The molecule has 1 saturated heterocycles. The fourth-order valence-corrected chi connectivity index (χ4v) is 7.52. The third kappa shape index (κ3) is 6.16. The largest absolute Gasteiger partial charge is 0.325 e. The highest BCUT2D eigenvalue weighted by Crippen LogP contribution is 2.35. The Bertz CT molecular complexity index is 1520. The third-order valence-corrected chi connectivity index (χ3v) is 10.7. The number of anilines is 2. The van der Waals surface area contributed by atoms with Gasteiger partial charge in [0.15, 0.2) is 0 Å². The summed E-state index contributed by atoms with van der Waals surface area (Å²) in [5.41, 5.74) is 1.25. The van der Waals surface area contributed by atoms with Crippen LogP contribution in [0.25, 0.3) is 0 Å². The fourth-order valence-electron chi connectivity index (χ4n) is 4.12. The summed E-state index contributed by atoms with van der Waals surface area (Å²) < 4.78 is 55.3. The van der Waals surface area contributed by atoms with Gasteiger partial charge in [-0.1, -0.05) is 53.4 Å². The molecule has 12 heteroatoms. The van der Waals surface area contributed by atoms with E-state index in [2.05, 4.69) is 5.32 Å². The smallest absolute Gasteiger partial charge is 0.264 e. The van der Waals surface area contributed by atoms with Gasteiger partial charge in [0.2, 0.25) is 15.9 Å². The Morgan fingerprint density at radius 1 is 0.868 bits per heavy atom. The first-order valence-corrected chi connectivity index (χ1v) is 15.6. The number of halogens is 2. The van der Waals surface area contributed by atoms with Crippen LogP contribution in [-0.4, -0.2) is 46.7 Å². The van der Waals surface area contributed by atoms with Crippen LogP contribution in [0.3, 0.4) is 0 Å². The summed E-state index contributed by atoms with van der Waals surface area (Å²) in [6.07, 6.45) is 2.66. The lowest BCUT2D eigenvalue weighted by atomic mass is 10.2. The lowest BCUT2D eigenvalue weighted by molar-refractivity contribution is -0.114. The summed E-state index contributed by atoms with van der Waals surface area (Å²) in [5.74, 6) is -0.650. The molecule has 1 N–H and O–H groups in total. The van der Waals surface area contributed by atoms with Gasteiger partial charge in [0, 0.05) is 18.8 Å². The molecule has 1 aliphatic heterocycles. The zero-order valence-electron chi connectivity index (χ0n) is 20.6. The quantitative estimate of drug-likeness (QED) is 0.380. The van der Waals surface area contributed by atoms with E-state index in [4.69, 9.17) is 23.2 Å². The van der Waals surface area contributed by atoms with Crippen molar-refractivity contribution in [3.8, 4) is 0 Å². The van der Waals surface area contributed by atoms with Crippen LogP contribution >= 0.6 is 23.2 Å². The molecule has 4 rings (SSSR count). The predicted molar refractivity (Wildman–Crippen MR) is 150 cm³/mol. The Kier molecular flexibility index (Phi) is 8.68. The molecular weight excluding hydrogens is 569 g/mol. The van der Waals surface area contributed by atoms with E-state index in [1.54, 1.807) is 18.2 Å². The minimum Gasteiger partial charge on any atom is -0.325 e. The summed E-state index contributed by atoms with van der Waals surface area (Å²) in [4.78, 5) is 13.2. The van der Waals surface area contributed by atoms with Crippen molar-refractivity contribution in [2.45, 2.75) is 36.0 Å². The predicted octanol–water partition coefficient (Wildman–Crippen LogP) is 5.31. The van der Waals surface area contributed by atoms with E-state index in [0.29, 0.717) is 18.8 Å². The summed E-state index contributed by atoms with van der Waals surface area (Å²) in [7, 11) is -7.81. The number of hydrogen-bond acceptors (Lipinski definition) is 5. The molecule has 3 aromatic carbocycles. The van der Waals surface area contributed by atoms with E-state index in [1.165, 1.54) is 52.8 Å². The van der Waals surface area contributed by atoms with Gasteiger partial charge >= 0.3 is 0 Å².